The van der Waals surface area contributed by atoms with Gasteiger partial charge in [-0.2, -0.15) is 0 Å². The van der Waals surface area contributed by atoms with Crippen molar-refractivity contribution in [1.82, 2.24) is 0 Å². The van der Waals surface area contributed by atoms with Gasteiger partial charge >= 0.3 is 0 Å². The molecule has 0 spiro atoms. The minimum absolute atomic E-state index is 0.136. The molecule has 0 radical (unpaired) electrons. The van der Waals surface area contributed by atoms with Crippen molar-refractivity contribution in [2.45, 2.75) is 26.8 Å². The molecular formula is C17H20FNO2. The van der Waals surface area contributed by atoms with Crippen molar-refractivity contribution in [3.63, 3.8) is 0 Å². The number of halogens is 1. The van der Waals surface area contributed by atoms with Gasteiger partial charge in [0.25, 0.3) is 0 Å². The smallest absolute Gasteiger partial charge is 0.167 e. The van der Waals surface area contributed by atoms with Crippen molar-refractivity contribution in [1.29, 1.82) is 0 Å². The van der Waals surface area contributed by atoms with Gasteiger partial charge in [-0.1, -0.05) is 12.1 Å². The molecule has 2 aromatic carbocycles. The Bertz CT molecular complexity index is 628. The zero-order chi connectivity index (χ0) is 15.4. The number of hydrogen-bond donors (Lipinski definition) is 2. The molecule has 0 aromatic heterocycles. The number of rotatable bonds is 5. The van der Waals surface area contributed by atoms with E-state index in [1.54, 1.807) is 18.2 Å². The Morgan fingerprint density at radius 1 is 1.24 bits per heavy atom. The van der Waals surface area contributed by atoms with Gasteiger partial charge < -0.3 is 15.2 Å². The summed E-state index contributed by atoms with van der Waals surface area (Å²) in [6.07, 6.45) is 0. The SMILES string of the molecule is CCOc1ccc(NC(C)c2ccc(C)cc2O)cc1F. The van der Waals surface area contributed by atoms with E-state index in [1.807, 2.05) is 32.9 Å². The van der Waals surface area contributed by atoms with Crippen LogP contribution in [0, 0.1) is 12.7 Å². The summed E-state index contributed by atoms with van der Waals surface area (Å²) in [5.74, 6) is 0.0810. The maximum Gasteiger partial charge on any atom is 0.167 e. The first-order valence-corrected chi connectivity index (χ1v) is 6.99. The largest absolute Gasteiger partial charge is 0.508 e. The van der Waals surface area contributed by atoms with Crippen LogP contribution in [0.25, 0.3) is 0 Å². The number of aryl methyl sites for hydroxylation is 1. The lowest BCUT2D eigenvalue weighted by Crippen LogP contribution is -2.07. The zero-order valence-corrected chi connectivity index (χ0v) is 12.5. The lowest BCUT2D eigenvalue weighted by molar-refractivity contribution is 0.321. The summed E-state index contributed by atoms with van der Waals surface area (Å²) in [7, 11) is 0. The Morgan fingerprint density at radius 2 is 2.00 bits per heavy atom. The number of benzene rings is 2. The fourth-order valence-corrected chi connectivity index (χ4v) is 2.21. The highest BCUT2D eigenvalue weighted by Gasteiger charge is 2.11. The second-order valence-corrected chi connectivity index (χ2v) is 5.01. The topological polar surface area (TPSA) is 41.5 Å². The number of hydrogen-bond acceptors (Lipinski definition) is 3. The molecule has 2 rings (SSSR count). The van der Waals surface area contributed by atoms with Crippen molar-refractivity contribution < 1.29 is 14.2 Å². The second-order valence-electron chi connectivity index (χ2n) is 5.01. The Morgan fingerprint density at radius 3 is 2.62 bits per heavy atom. The van der Waals surface area contributed by atoms with E-state index in [1.165, 1.54) is 6.07 Å². The van der Waals surface area contributed by atoms with Gasteiger partial charge in [-0.3, -0.25) is 0 Å². The van der Waals surface area contributed by atoms with Crippen molar-refractivity contribution in [2.24, 2.45) is 0 Å². The maximum atomic E-state index is 13.8. The van der Waals surface area contributed by atoms with Gasteiger partial charge in [-0.15, -0.1) is 0 Å². The molecule has 3 nitrogen and oxygen atoms in total. The third kappa shape index (κ3) is 3.66. The lowest BCUT2D eigenvalue weighted by atomic mass is 10.0. The highest BCUT2D eigenvalue weighted by Crippen LogP contribution is 2.29. The van der Waals surface area contributed by atoms with E-state index in [0.29, 0.717) is 12.3 Å². The van der Waals surface area contributed by atoms with Crippen molar-refractivity contribution in [3.8, 4) is 11.5 Å². The molecule has 2 aromatic rings. The van der Waals surface area contributed by atoms with Crippen LogP contribution in [0.3, 0.4) is 0 Å². The van der Waals surface area contributed by atoms with Gasteiger partial charge in [0.1, 0.15) is 5.75 Å². The van der Waals surface area contributed by atoms with E-state index in [2.05, 4.69) is 5.32 Å². The van der Waals surface area contributed by atoms with Gasteiger partial charge in [0.05, 0.1) is 12.6 Å². The molecule has 0 saturated heterocycles. The molecule has 0 fully saturated rings. The molecule has 0 amide bonds. The van der Waals surface area contributed by atoms with Crippen molar-refractivity contribution in [2.75, 3.05) is 11.9 Å². The molecule has 4 heteroatoms. The van der Waals surface area contributed by atoms with Crippen LogP contribution in [0.1, 0.15) is 31.0 Å². The van der Waals surface area contributed by atoms with E-state index in [4.69, 9.17) is 4.74 Å². The summed E-state index contributed by atoms with van der Waals surface area (Å²) in [5.41, 5.74) is 2.41. The van der Waals surface area contributed by atoms with Gasteiger partial charge in [0.2, 0.25) is 0 Å². The fourth-order valence-electron chi connectivity index (χ4n) is 2.21. The molecule has 1 unspecified atom stereocenters. The number of aromatic hydroxyl groups is 1. The van der Waals surface area contributed by atoms with Crippen LogP contribution in [0.15, 0.2) is 36.4 Å². The Labute approximate surface area is 124 Å². The van der Waals surface area contributed by atoms with Gasteiger partial charge in [-0.05, 0) is 44.5 Å². The normalized spacial score (nSPS) is 12.0. The Kier molecular flexibility index (Phi) is 4.68. The van der Waals surface area contributed by atoms with Gasteiger partial charge in [-0.25, -0.2) is 4.39 Å². The van der Waals surface area contributed by atoms with E-state index in [9.17, 15) is 9.50 Å². The van der Waals surface area contributed by atoms with Gasteiger partial charge in [0, 0.05) is 17.3 Å². The third-order valence-electron chi connectivity index (χ3n) is 3.27. The molecule has 2 N–H and O–H groups in total. The average molecular weight is 289 g/mol. The summed E-state index contributed by atoms with van der Waals surface area (Å²) in [6, 6.07) is 10.1. The van der Waals surface area contributed by atoms with E-state index >= 15 is 0 Å². The summed E-state index contributed by atoms with van der Waals surface area (Å²) >= 11 is 0. The quantitative estimate of drug-likeness (QED) is 0.856. The highest BCUT2D eigenvalue weighted by atomic mass is 19.1. The summed E-state index contributed by atoms with van der Waals surface area (Å²) in [5, 5.41) is 13.1. The first kappa shape index (κ1) is 15.2. The predicted molar refractivity (Wildman–Crippen MR) is 82.5 cm³/mol. The molecule has 0 heterocycles. The molecular weight excluding hydrogens is 269 g/mol. The summed E-state index contributed by atoms with van der Waals surface area (Å²) in [6.45, 7) is 6.08. The average Bonchev–Trinajstić information content (AvgIpc) is 2.41. The highest BCUT2D eigenvalue weighted by molar-refractivity contribution is 5.50. The van der Waals surface area contributed by atoms with Crippen LogP contribution in [0.2, 0.25) is 0 Å². The van der Waals surface area contributed by atoms with E-state index in [-0.39, 0.29) is 17.5 Å². The van der Waals surface area contributed by atoms with Crippen LogP contribution in [-0.2, 0) is 0 Å². The molecule has 0 bridgehead atoms. The standard InChI is InChI=1S/C17H20FNO2/c1-4-21-17-8-6-13(10-15(17)18)19-12(3)14-7-5-11(2)9-16(14)20/h5-10,12,19-20H,4H2,1-3H3. The van der Waals surface area contributed by atoms with Crippen molar-refractivity contribution in [3.05, 3.63) is 53.3 Å². The number of ether oxygens (including phenoxy) is 1. The van der Waals surface area contributed by atoms with E-state index < -0.39 is 5.82 Å². The van der Waals surface area contributed by atoms with Crippen LogP contribution in [-0.4, -0.2) is 11.7 Å². The number of nitrogens with one attached hydrogen (secondary N) is 1. The Hall–Kier alpha value is -2.23. The Balaban J connectivity index is 2.15. The zero-order valence-electron chi connectivity index (χ0n) is 12.5. The monoisotopic (exact) mass is 289 g/mol. The van der Waals surface area contributed by atoms with Crippen LogP contribution < -0.4 is 10.1 Å². The predicted octanol–water partition coefficient (Wildman–Crippen LogP) is 4.41. The minimum atomic E-state index is -0.401. The minimum Gasteiger partial charge on any atom is -0.508 e. The van der Waals surface area contributed by atoms with Crippen LogP contribution >= 0.6 is 0 Å². The van der Waals surface area contributed by atoms with Crippen LogP contribution in [0.4, 0.5) is 10.1 Å². The molecule has 0 saturated carbocycles. The van der Waals surface area contributed by atoms with E-state index in [0.717, 1.165) is 11.1 Å². The first-order valence-electron chi connectivity index (χ1n) is 6.99. The molecule has 0 aliphatic heterocycles. The van der Waals surface area contributed by atoms with Crippen LogP contribution in [0.5, 0.6) is 11.5 Å². The molecule has 112 valence electrons. The third-order valence-corrected chi connectivity index (χ3v) is 3.27. The summed E-state index contributed by atoms with van der Waals surface area (Å²) in [4.78, 5) is 0. The second kappa shape index (κ2) is 6.48. The molecule has 21 heavy (non-hydrogen) atoms. The number of phenols is 1. The lowest BCUT2D eigenvalue weighted by Gasteiger charge is -2.18. The maximum absolute atomic E-state index is 13.8. The van der Waals surface area contributed by atoms with Crippen molar-refractivity contribution >= 4 is 5.69 Å². The number of phenolic OH excluding ortho intramolecular Hbond substituents is 1. The fraction of sp³-hybridized carbons (Fsp3) is 0.294. The molecule has 0 aliphatic rings. The molecule has 1 atom stereocenters. The number of anilines is 1. The van der Waals surface area contributed by atoms with Gasteiger partial charge in [0.15, 0.2) is 11.6 Å². The first-order chi connectivity index (χ1) is 10.0. The summed E-state index contributed by atoms with van der Waals surface area (Å²) < 4.78 is 19.0. The molecule has 0 aliphatic carbocycles.